The third-order valence-corrected chi connectivity index (χ3v) is 4.45. The van der Waals surface area contributed by atoms with Gasteiger partial charge in [-0.15, -0.1) is 0 Å². The summed E-state index contributed by atoms with van der Waals surface area (Å²) in [6.45, 7) is 2.32. The Hall–Kier alpha value is -1.54. The maximum absolute atomic E-state index is 6.38. The van der Waals surface area contributed by atoms with E-state index in [1.165, 1.54) is 23.6 Å². The first-order valence-corrected chi connectivity index (χ1v) is 7.59. The highest BCUT2D eigenvalue weighted by molar-refractivity contribution is 5.88. The van der Waals surface area contributed by atoms with E-state index >= 15 is 0 Å². The summed E-state index contributed by atoms with van der Waals surface area (Å²) >= 11 is 0. The Labute approximate surface area is 121 Å². The maximum atomic E-state index is 6.38. The molecule has 20 heavy (non-hydrogen) atoms. The van der Waals surface area contributed by atoms with E-state index in [-0.39, 0.29) is 6.10 Å². The van der Waals surface area contributed by atoms with Crippen molar-refractivity contribution in [3.05, 3.63) is 42.5 Å². The Bertz CT molecular complexity index is 575. The normalized spacial score (nSPS) is 26.6. The van der Waals surface area contributed by atoms with Crippen molar-refractivity contribution < 1.29 is 4.74 Å². The lowest BCUT2D eigenvalue weighted by Crippen LogP contribution is -2.45. The van der Waals surface area contributed by atoms with Gasteiger partial charge < -0.3 is 10.1 Å². The molecule has 0 heterocycles. The number of nitrogens with one attached hydrogen (secondary N) is 1. The van der Waals surface area contributed by atoms with Crippen LogP contribution in [0, 0.1) is 5.92 Å². The Balaban J connectivity index is 1.88. The first kappa shape index (κ1) is 13.4. The van der Waals surface area contributed by atoms with E-state index in [4.69, 9.17) is 4.74 Å². The lowest BCUT2D eigenvalue weighted by Gasteiger charge is -2.35. The molecule has 106 valence electrons. The average Bonchev–Trinajstić information content (AvgIpc) is 2.48. The Kier molecular flexibility index (Phi) is 3.93. The number of ether oxygens (including phenoxy) is 1. The van der Waals surface area contributed by atoms with Crippen LogP contribution in [0.25, 0.3) is 10.8 Å². The van der Waals surface area contributed by atoms with Gasteiger partial charge >= 0.3 is 0 Å². The molecular formula is C18H23NO. The van der Waals surface area contributed by atoms with Crippen LogP contribution in [0.2, 0.25) is 0 Å². The van der Waals surface area contributed by atoms with Crippen molar-refractivity contribution in [3.8, 4) is 5.75 Å². The minimum Gasteiger partial charge on any atom is -0.488 e. The number of likely N-dealkylation sites (N-methyl/N-ethyl adjacent to an activating group) is 1. The zero-order valence-corrected chi connectivity index (χ0v) is 12.3. The second-order valence-corrected chi connectivity index (χ2v) is 5.95. The molecule has 3 unspecified atom stereocenters. The zero-order valence-electron chi connectivity index (χ0n) is 12.3. The second kappa shape index (κ2) is 5.84. The van der Waals surface area contributed by atoms with E-state index in [0.717, 1.165) is 18.1 Å². The van der Waals surface area contributed by atoms with Crippen LogP contribution in [-0.4, -0.2) is 19.2 Å². The van der Waals surface area contributed by atoms with Crippen LogP contribution in [0.5, 0.6) is 5.75 Å². The molecule has 3 rings (SSSR count). The molecular weight excluding hydrogens is 246 g/mol. The number of hydrogen-bond acceptors (Lipinski definition) is 2. The molecule has 2 heteroatoms. The quantitative estimate of drug-likeness (QED) is 0.909. The Morgan fingerprint density at radius 1 is 1.05 bits per heavy atom. The van der Waals surface area contributed by atoms with E-state index in [0.29, 0.717) is 6.04 Å². The highest BCUT2D eigenvalue weighted by atomic mass is 16.5. The summed E-state index contributed by atoms with van der Waals surface area (Å²) in [7, 11) is 2.04. The van der Waals surface area contributed by atoms with Crippen LogP contribution in [0.15, 0.2) is 42.5 Å². The van der Waals surface area contributed by atoms with Crippen LogP contribution >= 0.6 is 0 Å². The average molecular weight is 269 g/mol. The first-order valence-electron chi connectivity index (χ1n) is 7.59. The molecule has 0 spiro atoms. The zero-order chi connectivity index (χ0) is 13.9. The van der Waals surface area contributed by atoms with Gasteiger partial charge in [0.05, 0.1) is 0 Å². The fourth-order valence-corrected chi connectivity index (χ4v) is 3.25. The van der Waals surface area contributed by atoms with Crippen LogP contribution in [0.3, 0.4) is 0 Å². The summed E-state index contributed by atoms with van der Waals surface area (Å²) in [5.74, 6) is 1.77. The van der Waals surface area contributed by atoms with E-state index in [1.54, 1.807) is 0 Å². The summed E-state index contributed by atoms with van der Waals surface area (Å²) < 4.78 is 6.38. The molecule has 0 amide bonds. The summed E-state index contributed by atoms with van der Waals surface area (Å²) in [6.07, 6.45) is 3.90. The van der Waals surface area contributed by atoms with E-state index in [2.05, 4.69) is 54.7 Å². The summed E-state index contributed by atoms with van der Waals surface area (Å²) in [5, 5.41) is 5.87. The molecule has 3 atom stereocenters. The topological polar surface area (TPSA) is 21.3 Å². The Morgan fingerprint density at radius 3 is 2.70 bits per heavy atom. The van der Waals surface area contributed by atoms with Crippen molar-refractivity contribution in [2.45, 2.75) is 38.3 Å². The van der Waals surface area contributed by atoms with Gasteiger partial charge in [0.1, 0.15) is 11.9 Å². The molecule has 2 nitrogen and oxygen atoms in total. The lowest BCUT2D eigenvalue weighted by atomic mass is 9.85. The van der Waals surface area contributed by atoms with Gasteiger partial charge in [0.2, 0.25) is 0 Å². The van der Waals surface area contributed by atoms with Crippen molar-refractivity contribution >= 4 is 10.8 Å². The molecule has 2 aromatic carbocycles. The second-order valence-electron chi connectivity index (χ2n) is 5.95. The number of fused-ring (bicyclic) bond motifs is 1. The predicted molar refractivity (Wildman–Crippen MR) is 84.2 cm³/mol. The van der Waals surface area contributed by atoms with Gasteiger partial charge in [-0.3, -0.25) is 0 Å². The van der Waals surface area contributed by atoms with Crippen molar-refractivity contribution in [2.24, 2.45) is 5.92 Å². The molecule has 1 aliphatic carbocycles. The van der Waals surface area contributed by atoms with Crippen molar-refractivity contribution in [1.29, 1.82) is 0 Å². The van der Waals surface area contributed by atoms with Crippen molar-refractivity contribution in [3.63, 3.8) is 0 Å². The van der Waals surface area contributed by atoms with Crippen molar-refractivity contribution in [2.75, 3.05) is 7.05 Å². The van der Waals surface area contributed by atoms with E-state index in [9.17, 15) is 0 Å². The number of benzene rings is 2. The molecule has 0 radical (unpaired) electrons. The van der Waals surface area contributed by atoms with Gasteiger partial charge in [0.15, 0.2) is 0 Å². The Morgan fingerprint density at radius 2 is 1.85 bits per heavy atom. The molecule has 0 bridgehead atoms. The molecule has 1 saturated carbocycles. The smallest absolute Gasteiger partial charge is 0.127 e. The molecule has 1 N–H and O–H groups in total. The molecule has 2 aromatic rings. The summed E-state index contributed by atoms with van der Waals surface area (Å²) in [5.41, 5.74) is 0. The molecule has 0 aromatic heterocycles. The van der Waals surface area contributed by atoms with E-state index in [1.807, 2.05) is 7.05 Å². The highest BCUT2D eigenvalue weighted by Gasteiger charge is 2.29. The molecule has 1 fully saturated rings. The summed E-state index contributed by atoms with van der Waals surface area (Å²) in [6, 6.07) is 15.2. The number of hydrogen-bond donors (Lipinski definition) is 1. The van der Waals surface area contributed by atoms with Gasteiger partial charge in [-0.25, -0.2) is 0 Å². The minimum absolute atomic E-state index is 0.273. The third-order valence-electron chi connectivity index (χ3n) is 4.45. The predicted octanol–water partition coefficient (Wildman–Crippen LogP) is 4.00. The standard InChI is InChI=1S/C18H23NO/c1-13-10-11-16(19-2)18(12-13)20-17-9-5-7-14-6-3-4-8-15(14)17/h3-9,13,16,18-19H,10-12H2,1-2H3. The summed E-state index contributed by atoms with van der Waals surface area (Å²) in [4.78, 5) is 0. The molecule has 1 aliphatic rings. The minimum atomic E-state index is 0.273. The lowest BCUT2D eigenvalue weighted by molar-refractivity contribution is 0.0958. The third kappa shape index (κ3) is 2.66. The molecule has 0 aliphatic heterocycles. The van der Waals surface area contributed by atoms with Gasteiger partial charge in [-0.05, 0) is 43.7 Å². The first-order chi connectivity index (χ1) is 9.78. The van der Waals surface area contributed by atoms with Gasteiger partial charge in [0, 0.05) is 11.4 Å². The maximum Gasteiger partial charge on any atom is 0.127 e. The fraction of sp³-hybridized carbons (Fsp3) is 0.444. The van der Waals surface area contributed by atoms with Crippen LogP contribution < -0.4 is 10.1 Å². The molecule has 0 saturated heterocycles. The van der Waals surface area contributed by atoms with E-state index < -0.39 is 0 Å². The van der Waals surface area contributed by atoms with Crippen molar-refractivity contribution in [1.82, 2.24) is 5.32 Å². The SMILES string of the molecule is CNC1CCC(C)CC1Oc1cccc2ccccc12. The monoisotopic (exact) mass is 269 g/mol. The van der Waals surface area contributed by atoms with Gasteiger partial charge in [-0.2, -0.15) is 0 Å². The number of rotatable bonds is 3. The fourth-order valence-electron chi connectivity index (χ4n) is 3.25. The largest absolute Gasteiger partial charge is 0.488 e. The van der Waals surface area contributed by atoms with Crippen LogP contribution in [0.1, 0.15) is 26.2 Å². The van der Waals surface area contributed by atoms with Gasteiger partial charge in [0.25, 0.3) is 0 Å². The van der Waals surface area contributed by atoms with Crippen LogP contribution in [0.4, 0.5) is 0 Å². The van der Waals surface area contributed by atoms with Gasteiger partial charge in [-0.1, -0.05) is 43.3 Å². The highest BCUT2D eigenvalue weighted by Crippen LogP contribution is 2.31. The van der Waals surface area contributed by atoms with Crippen LogP contribution in [-0.2, 0) is 0 Å².